The molecule has 1 N–H and O–H groups in total. The molecule has 0 fully saturated rings. The van der Waals surface area contributed by atoms with Crippen molar-refractivity contribution in [3.63, 3.8) is 0 Å². The van der Waals surface area contributed by atoms with Gasteiger partial charge in [-0.1, -0.05) is 65.7 Å². The predicted molar refractivity (Wildman–Crippen MR) is 169 cm³/mol. The highest BCUT2D eigenvalue weighted by molar-refractivity contribution is 6.42. The maximum atomic E-state index is 13.5. The van der Waals surface area contributed by atoms with Crippen molar-refractivity contribution in [2.24, 2.45) is 0 Å². The van der Waals surface area contributed by atoms with Crippen LogP contribution in [0.5, 0.6) is 11.5 Å². The fourth-order valence-corrected chi connectivity index (χ4v) is 6.90. The van der Waals surface area contributed by atoms with Crippen molar-refractivity contribution < 1.29 is 24.2 Å². The largest absolute Gasteiger partial charge is 0.489 e. The van der Waals surface area contributed by atoms with Gasteiger partial charge in [-0.05, 0) is 83.5 Å². The van der Waals surface area contributed by atoms with Crippen LogP contribution in [0.15, 0.2) is 78.9 Å². The van der Waals surface area contributed by atoms with Gasteiger partial charge in [0.1, 0.15) is 24.1 Å². The van der Waals surface area contributed by atoms with E-state index in [4.69, 9.17) is 32.7 Å². The minimum Gasteiger partial charge on any atom is -0.489 e. The number of carboxylic acid groups (broad SMARTS) is 1. The molecule has 1 unspecified atom stereocenters. The summed E-state index contributed by atoms with van der Waals surface area (Å²) in [6, 6.07) is 24.4. The average Bonchev–Trinajstić information content (AvgIpc) is 3.47. The summed E-state index contributed by atoms with van der Waals surface area (Å²) < 4.78 is 12.3. The zero-order valence-electron chi connectivity index (χ0n) is 24.0. The van der Waals surface area contributed by atoms with Gasteiger partial charge in [0.05, 0.1) is 15.7 Å². The summed E-state index contributed by atoms with van der Waals surface area (Å²) in [5.41, 5.74) is 6.80. The van der Waals surface area contributed by atoms with Crippen LogP contribution in [0.2, 0.25) is 10.0 Å². The normalized spacial score (nSPS) is 19.6. The molecule has 0 saturated heterocycles. The second-order valence-corrected chi connectivity index (χ2v) is 12.5. The molecule has 224 valence electrons. The Kier molecular flexibility index (Phi) is 7.49. The van der Waals surface area contributed by atoms with E-state index < -0.39 is 18.1 Å². The molecular formula is C35H30Cl2N2O5. The monoisotopic (exact) mass is 628 g/mol. The highest BCUT2D eigenvalue weighted by atomic mass is 35.5. The molecule has 1 amide bonds. The van der Waals surface area contributed by atoms with Crippen LogP contribution in [0.1, 0.15) is 39.5 Å². The zero-order valence-corrected chi connectivity index (χ0v) is 25.5. The van der Waals surface area contributed by atoms with Crippen LogP contribution in [0.3, 0.4) is 0 Å². The van der Waals surface area contributed by atoms with Gasteiger partial charge in [0.25, 0.3) is 5.91 Å². The van der Waals surface area contributed by atoms with Gasteiger partial charge in [-0.25, -0.2) is 0 Å². The van der Waals surface area contributed by atoms with Gasteiger partial charge >= 0.3 is 5.97 Å². The lowest BCUT2D eigenvalue weighted by molar-refractivity contribution is -0.145. The molecule has 9 heteroatoms. The lowest BCUT2D eigenvalue weighted by atomic mass is 9.90. The summed E-state index contributed by atoms with van der Waals surface area (Å²) in [5, 5.41) is 11.2. The van der Waals surface area contributed by atoms with Gasteiger partial charge in [-0.3, -0.25) is 14.5 Å². The number of carbonyl (C=O) groups excluding carboxylic acids is 1. The summed E-state index contributed by atoms with van der Waals surface area (Å²) in [5.74, 6) is 0.236. The van der Waals surface area contributed by atoms with Gasteiger partial charge < -0.3 is 19.5 Å². The number of anilines is 1. The number of hydrogen-bond donors (Lipinski definition) is 1. The van der Waals surface area contributed by atoms with Crippen molar-refractivity contribution in [3.8, 4) is 11.5 Å². The van der Waals surface area contributed by atoms with Gasteiger partial charge in [0.2, 0.25) is 6.10 Å². The first-order valence-corrected chi connectivity index (χ1v) is 15.3. The van der Waals surface area contributed by atoms with Crippen LogP contribution >= 0.6 is 23.2 Å². The number of likely N-dealkylation sites (N-methyl/N-ethyl adjacent to an activating group) is 1. The predicted octanol–water partition coefficient (Wildman–Crippen LogP) is 6.65. The van der Waals surface area contributed by atoms with Crippen LogP contribution in [-0.2, 0) is 42.0 Å². The van der Waals surface area contributed by atoms with E-state index >= 15 is 0 Å². The Morgan fingerprint density at radius 2 is 1.64 bits per heavy atom. The summed E-state index contributed by atoms with van der Waals surface area (Å²) in [6.45, 7) is 0.831. The first-order chi connectivity index (χ1) is 21.2. The number of halogens is 2. The smallest absolute Gasteiger partial charge is 0.321 e. The molecule has 4 aromatic carbocycles. The van der Waals surface area contributed by atoms with Crippen molar-refractivity contribution in [1.82, 2.24) is 4.90 Å². The number of carbonyl (C=O) groups is 2. The second-order valence-electron chi connectivity index (χ2n) is 11.7. The molecule has 0 saturated carbocycles. The maximum absolute atomic E-state index is 13.5. The minimum atomic E-state index is -0.825. The molecule has 4 aromatic rings. The van der Waals surface area contributed by atoms with E-state index in [1.807, 2.05) is 54.6 Å². The molecular weight excluding hydrogens is 599 g/mol. The summed E-state index contributed by atoms with van der Waals surface area (Å²) >= 11 is 12.1. The molecule has 2 atom stereocenters. The van der Waals surface area contributed by atoms with E-state index in [1.54, 1.807) is 24.1 Å². The first kappa shape index (κ1) is 28.7. The van der Waals surface area contributed by atoms with Crippen molar-refractivity contribution >= 4 is 40.8 Å². The van der Waals surface area contributed by atoms with Gasteiger partial charge in [0, 0.05) is 25.2 Å². The second kappa shape index (κ2) is 11.5. The van der Waals surface area contributed by atoms with E-state index in [-0.39, 0.29) is 11.9 Å². The number of aliphatic carboxylic acids is 1. The Labute approximate surface area is 265 Å². The van der Waals surface area contributed by atoms with Crippen molar-refractivity contribution in [2.75, 3.05) is 11.9 Å². The third kappa shape index (κ3) is 5.30. The van der Waals surface area contributed by atoms with E-state index in [9.17, 15) is 14.7 Å². The Balaban J connectivity index is 1.10. The van der Waals surface area contributed by atoms with Gasteiger partial charge in [-0.15, -0.1) is 0 Å². The van der Waals surface area contributed by atoms with Crippen LogP contribution in [0, 0.1) is 0 Å². The Morgan fingerprint density at radius 1 is 0.909 bits per heavy atom. The van der Waals surface area contributed by atoms with Crippen LogP contribution < -0.4 is 14.4 Å². The fourth-order valence-electron chi connectivity index (χ4n) is 6.58. The molecule has 0 radical (unpaired) electrons. The molecule has 0 aromatic heterocycles. The third-order valence-corrected chi connectivity index (χ3v) is 9.70. The number of fused-ring (bicyclic) bond motifs is 3. The fraction of sp³-hybridized carbons (Fsp3) is 0.257. The number of ether oxygens (including phenoxy) is 2. The molecule has 2 aliphatic heterocycles. The SMILES string of the molecule is CN1C(=O)[C@H](c2ccc(OCc3ccc(Cl)c(Cl)c3)cc2)Oc2cc3c(cc21)CC(C(=O)O)N(C1Cc2ccccc2C1)C3. The highest BCUT2D eigenvalue weighted by Gasteiger charge is 2.40. The van der Waals surface area contributed by atoms with Gasteiger partial charge in [-0.2, -0.15) is 0 Å². The summed E-state index contributed by atoms with van der Waals surface area (Å²) in [7, 11) is 1.73. The number of nitrogens with zero attached hydrogens (tertiary/aromatic N) is 2. The Morgan fingerprint density at radius 3 is 2.32 bits per heavy atom. The number of amides is 1. The molecule has 2 heterocycles. The Bertz CT molecular complexity index is 1750. The minimum absolute atomic E-state index is 0.119. The lowest BCUT2D eigenvalue weighted by Gasteiger charge is -2.40. The molecule has 7 nitrogen and oxygen atoms in total. The van der Waals surface area contributed by atoms with Crippen molar-refractivity contribution in [1.29, 1.82) is 0 Å². The number of benzene rings is 4. The molecule has 1 aliphatic carbocycles. The molecule has 3 aliphatic rings. The average molecular weight is 630 g/mol. The maximum Gasteiger partial charge on any atom is 0.321 e. The topological polar surface area (TPSA) is 79.3 Å². The number of hydrogen-bond acceptors (Lipinski definition) is 5. The lowest BCUT2D eigenvalue weighted by Crippen LogP contribution is -2.51. The van der Waals surface area contributed by atoms with E-state index in [1.165, 1.54) is 11.1 Å². The summed E-state index contributed by atoms with van der Waals surface area (Å²) in [6.07, 6.45) is 1.23. The highest BCUT2D eigenvalue weighted by Crippen LogP contribution is 2.43. The molecule has 0 spiro atoms. The zero-order chi connectivity index (χ0) is 30.5. The molecule has 0 bridgehead atoms. The van der Waals surface area contributed by atoms with E-state index in [0.717, 1.165) is 29.5 Å². The van der Waals surface area contributed by atoms with Crippen molar-refractivity contribution in [2.45, 2.75) is 50.6 Å². The number of rotatable bonds is 6. The molecule has 7 rings (SSSR count). The quantitative estimate of drug-likeness (QED) is 0.258. The summed E-state index contributed by atoms with van der Waals surface area (Å²) in [4.78, 5) is 29.6. The van der Waals surface area contributed by atoms with Crippen LogP contribution in [0.4, 0.5) is 5.69 Å². The third-order valence-electron chi connectivity index (χ3n) is 8.96. The molecule has 44 heavy (non-hydrogen) atoms. The Hall–Kier alpha value is -4.04. The standard InChI is InChI=1S/C35H30Cl2N2O5/c1-38-30-15-24-16-31(35(41)42)39(26-13-22-4-2-3-5-23(22)14-26)18-25(24)17-32(30)44-33(34(38)40)21-7-9-27(10-8-21)43-19-20-6-11-28(36)29(37)12-20/h2-12,15,17,26,31,33H,13-14,16,18-19H2,1H3,(H,41,42)/t31?,33-/m0/s1. The van der Waals surface area contributed by atoms with E-state index in [2.05, 4.69) is 17.0 Å². The van der Waals surface area contributed by atoms with Crippen LogP contribution in [0.25, 0.3) is 0 Å². The number of carboxylic acids is 1. The first-order valence-electron chi connectivity index (χ1n) is 14.6. The van der Waals surface area contributed by atoms with E-state index in [0.29, 0.717) is 52.4 Å². The van der Waals surface area contributed by atoms with Crippen LogP contribution in [-0.4, -0.2) is 41.0 Å². The van der Waals surface area contributed by atoms with Gasteiger partial charge in [0.15, 0.2) is 0 Å². The van der Waals surface area contributed by atoms with Crippen molar-refractivity contribution in [3.05, 3.63) is 122 Å².